The Balaban J connectivity index is 1.54. The van der Waals surface area contributed by atoms with Crippen LogP contribution in [0.1, 0.15) is 30.2 Å². The van der Waals surface area contributed by atoms with Gasteiger partial charge in [0.05, 0.1) is 10.9 Å². The van der Waals surface area contributed by atoms with Crippen molar-refractivity contribution in [3.8, 4) is 0 Å². The zero-order valence-corrected chi connectivity index (χ0v) is 15.3. The third-order valence-electron chi connectivity index (χ3n) is 4.22. The fourth-order valence-corrected chi connectivity index (χ4v) is 4.03. The number of H-pyrrole nitrogens is 1. The van der Waals surface area contributed by atoms with E-state index in [1.807, 2.05) is 30.0 Å². The number of nitrogens with one attached hydrogen (secondary N) is 1. The number of hydrogen-bond acceptors (Lipinski definition) is 2. The summed E-state index contributed by atoms with van der Waals surface area (Å²) >= 11 is 7.51. The Labute approximate surface area is 151 Å². The normalized spacial score (nSPS) is 11.1. The number of carbonyl (C=O) groups is 1. The Hall–Kier alpha value is -1.78. The van der Waals surface area contributed by atoms with Crippen molar-refractivity contribution >= 4 is 39.7 Å². The second-order valence-electron chi connectivity index (χ2n) is 5.83. The first-order valence-corrected chi connectivity index (χ1v) is 9.44. The Morgan fingerprint density at radius 3 is 2.83 bits per heavy atom. The van der Waals surface area contributed by atoms with E-state index in [1.54, 1.807) is 0 Å². The molecule has 0 saturated heterocycles. The highest BCUT2D eigenvalue weighted by Crippen LogP contribution is 2.23. The molecular weight excluding hydrogens is 340 g/mol. The highest BCUT2D eigenvalue weighted by atomic mass is 35.5. The van der Waals surface area contributed by atoms with Gasteiger partial charge in [0.25, 0.3) is 0 Å². The van der Waals surface area contributed by atoms with E-state index in [-0.39, 0.29) is 5.91 Å². The van der Waals surface area contributed by atoms with E-state index >= 15 is 0 Å². The van der Waals surface area contributed by atoms with Gasteiger partial charge in [-0.15, -0.1) is 11.3 Å². The lowest BCUT2D eigenvalue weighted by Gasteiger charge is -2.20. The van der Waals surface area contributed by atoms with Crippen LogP contribution in [0, 0.1) is 0 Å². The highest BCUT2D eigenvalue weighted by Gasteiger charge is 2.13. The summed E-state index contributed by atoms with van der Waals surface area (Å²) in [6.45, 7) is 3.40. The zero-order valence-electron chi connectivity index (χ0n) is 13.7. The van der Waals surface area contributed by atoms with Gasteiger partial charge >= 0.3 is 0 Å². The largest absolute Gasteiger partial charge is 0.361 e. The maximum Gasteiger partial charge on any atom is 0.222 e. The minimum atomic E-state index is 0.210. The van der Waals surface area contributed by atoms with Crippen molar-refractivity contribution in [3.05, 3.63) is 57.4 Å². The summed E-state index contributed by atoms with van der Waals surface area (Å²) in [4.78, 5) is 18.8. The molecule has 1 aromatic carbocycles. The monoisotopic (exact) mass is 360 g/mol. The third kappa shape index (κ3) is 4.00. The molecule has 0 spiro atoms. The SMILES string of the molecule is CCN(Cc1ccc(Cl)s1)C(=O)CCCc1c[nH]c2ccccc12. The number of amides is 1. The van der Waals surface area contributed by atoms with Crippen molar-refractivity contribution < 1.29 is 4.79 Å². The fourth-order valence-electron chi connectivity index (χ4n) is 2.93. The molecule has 0 unspecified atom stereocenters. The smallest absolute Gasteiger partial charge is 0.222 e. The quantitative estimate of drug-likeness (QED) is 0.613. The van der Waals surface area contributed by atoms with E-state index in [1.165, 1.54) is 22.3 Å². The van der Waals surface area contributed by atoms with Crippen LogP contribution >= 0.6 is 22.9 Å². The first-order valence-electron chi connectivity index (χ1n) is 8.24. The van der Waals surface area contributed by atoms with Gasteiger partial charge in [-0.25, -0.2) is 0 Å². The maximum absolute atomic E-state index is 12.5. The average molecular weight is 361 g/mol. The van der Waals surface area contributed by atoms with Gasteiger partial charge in [-0.3, -0.25) is 4.79 Å². The topological polar surface area (TPSA) is 36.1 Å². The Kier molecular flexibility index (Phi) is 5.59. The molecule has 2 heterocycles. The molecule has 1 amide bonds. The molecule has 1 N–H and O–H groups in total. The van der Waals surface area contributed by atoms with Crippen LogP contribution in [0.15, 0.2) is 42.6 Å². The molecule has 3 rings (SSSR count). The lowest BCUT2D eigenvalue weighted by Crippen LogP contribution is -2.29. The number of aromatic nitrogens is 1. The van der Waals surface area contributed by atoms with Crippen molar-refractivity contribution in [2.45, 2.75) is 32.7 Å². The molecule has 2 aromatic heterocycles. The predicted octanol–water partition coefficient (Wildman–Crippen LogP) is 5.25. The highest BCUT2D eigenvalue weighted by molar-refractivity contribution is 7.16. The van der Waals surface area contributed by atoms with Gasteiger partial charge in [-0.1, -0.05) is 29.8 Å². The first-order chi connectivity index (χ1) is 11.7. The van der Waals surface area contributed by atoms with E-state index in [2.05, 4.69) is 29.4 Å². The molecule has 0 saturated carbocycles. The van der Waals surface area contributed by atoms with Crippen LogP contribution < -0.4 is 0 Å². The number of rotatable bonds is 7. The molecule has 0 atom stereocenters. The number of aromatic amines is 1. The molecule has 0 bridgehead atoms. The lowest BCUT2D eigenvalue weighted by atomic mass is 10.1. The molecule has 0 aliphatic rings. The second kappa shape index (κ2) is 7.86. The second-order valence-corrected chi connectivity index (χ2v) is 7.63. The number of carbonyl (C=O) groups excluding carboxylic acids is 1. The molecule has 3 nitrogen and oxygen atoms in total. The van der Waals surface area contributed by atoms with Gasteiger partial charge in [0, 0.05) is 34.9 Å². The molecule has 0 radical (unpaired) electrons. The number of hydrogen-bond donors (Lipinski definition) is 1. The number of aryl methyl sites for hydroxylation is 1. The fraction of sp³-hybridized carbons (Fsp3) is 0.316. The number of fused-ring (bicyclic) bond motifs is 1. The minimum absolute atomic E-state index is 0.210. The predicted molar refractivity (Wildman–Crippen MR) is 102 cm³/mol. The molecule has 5 heteroatoms. The van der Waals surface area contributed by atoms with Crippen LogP contribution in [0.5, 0.6) is 0 Å². The van der Waals surface area contributed by atoms with E-state index in [0.29, 0.717) is 13.0 Å². The van der Waals surface area contributed by atoms with Gasteiger partial charge in [-0.2, -0.15) is 0 Å². The van der Waals surface area contributed by atoms with Crippen LogP contribution in [-0.2, 0) is 17.8 Å². The van der Waals surface area contributed by atoms with E-state index in [0.717, 1.165) is 34.1 Å². The van der Waals surface area contributed by atoms with Gasteiger partial charge in [-0.05, 0) is 43.5 Å². The van der Waals surface area contributed by atoms with Crippen molar-refractivity contribution in [3.63, 3.8) is 0 Å². The lowest BCUT2D eigenvalue weighted by molar-refractivity contribution is -0.131. The summed E-state index contributed by atoms with van der Waals surface area (Å²) in [7, 11) is 0. The van der Waals surface area contributed by atoms with Crippen LogP contribution in [0.25, 0.3) is 10.9 Å². The average Bonchev–Trinajstić information content (AvgIpc) is 3.19. The van der Waals surface area contributed by atoms with Crippen LogP contribution in [-0.4, -0.2) is 22.3 Å². The van der Waals surface area contributed by atoms with Crippen molar-refractivity contribution in [1.29, 1.82) is 0 Å². The first kappa shape index (κ1) is 17.1. The summed E-state index contributed by atoms with van der Waals surface area (Å²) in [5.41, 5.74) is 2.44. The third-order valence-corrected chi connectivity index (χ3v) is 5.44. The van der Waals surface area contributed by atoms with Crippen molar-refractivity contribution in [2.24, 2.45) is 0 Å². The maximum atomic E-state index is 12.5. The molecule has 0 aliphatic carbocycles. The van der Waals surface area contributed by atoms with Crippen LogP contribution in [0.3, 0.4) is 0 Å². The molecule has 24 heavy (non-hydrogen) atoms. The summed E-state index contributed by atoms with van der Waals surface area (Å²) in [5.74, 6) is 0.210. The zero-order chi connectivity index (χ0) is 16.9. The van der Waals surface area contributed by atoms with Gasteiger partial charge < -0.3 is 9.88 Å². The van der Waals surface area contributed by atoms with Gasteiger partial charge in [0.2, 0.25) is 5.91 Å². The Bertz CT molecular complexity index is 824. The standard InChI is InChI=1S/C19H21ClN2OS/c1-2-22(13-15-10-11-18(20)24-15)19(23)9-5-6-14-12-21-17-8-4-3-7-16(14)17/h3-4,7-8,10-12,21H,2,5-6,9,13H2,1H3. The number of para-hydroxylation sites is 1. The van der Waals surface area contributed by atoms with Gasteiger partial charge in [0.15, 0.2) is 0 Å². The molecular formula is C19H21ClN2OS. The summed E-state index contributed by atoms with van der Waals surface area (Å²) in [6.07, 6.45) is 4.41. The summed E-state index contributed by atoms with van der Waals surface area (Å²) < 4.78 is 0.771. The number of nitrogens with zero attached hydrogens (tertiary/aromatic N) is 1. The molecule has 0 fully saturated rings. The molecule has 126 valence electrons. The van der Waals surface area contributed by atoms with Crippen molar-refractivity contribution in [2.75, 3.05) is 6.54 Å². The van der Waals surface area contributed by atoms with Crippen LogP contribution in [0.4, 0.5) is 0 Å². The minimum Gasteiger partial charge on any atom is -0.361 e. The Morgan fingerprint density at radius 2 is 2.08 bits per heavy atom. The molecule has 3 aromatic rings. The van der Waals surface area contributed by atoms with Crippen molar-refractivity contribution in [1.82, 2.24) is 9.88 Å². The van der Waals surface area contributed by atoms with E-state index in [4.69, 9.17) is 11.6 Å². The van der Waals surface area contributed by atoms with Gasteiger partial charge in [0.1, 0.15) is 0 Å². The molecule has 0 aliphatic heterocycles. The summed E-state index contributed by atoms with van der Waals surface area (Å²) in [6, 6.07) is 12.2. The van der Waals surface area contributed by atoms with E-state index in [9.17, 15) is 4.79 Å². The number of halogens is 1. The summed E-state index contributed by atoms with van der Waals surface area (Å²) in [5, 5.41) is 1.26. The number of thiophene rings is 1. The van der Waals surface area contributed by atoms with Crippen LogP contribution in [0.2, 0.25) is 4.34 Å². The number of benzene rings is 1. The Morgan fingerprint density at radius 1 is 1.25 bits per heavy atom. The van der Waals surface area contributed by atoms with E-state index < -0.39 is 0 Å².